The zero-order valence-electron chi connectivity index (χ0n) is 22.1. The van der Waals surface area contributed by atoms with Gasteiger partial charge in [-0.1, -0.05) is 34.1 Å². The lowest BCUT2D eigenvalue weighted by atomic mass is 9.84. The summed E-state index contributed by atoms with van der Waals surface area (Å²) in [6, 6.07) is 12.6. The Kier molecular flexibility index (Phi) is 7.80. The number of rotatable bonds is 6. The summed E-state index contributed by atoms with van der Waals surface area (Å²) in [6.07, 6.45) is 0.621. The first-order chi connectivity index (χ1) is 18.8. The summed E-state index contributed by atoms with van der Waals surface area (Å²) in [5.74, 6) is -0.766. The lowest BCUT2D eigenvalue weighted by molar-refractivity contribution is -0.138. The van der Waals surface area contributed by atoms with Gasteiger partial charge in [0.25, 0.3) is 5.91 Å². The number of methoxy groups -OCH3 is 1. The molecule has 1 fully saturated rings. The normalized spacial score (nSPS) is 19.3. The van der Waals surface area contributed by atoms with Crippen molar-refractivity contribution < 1.29 is 28.2 Å². The van der Waals surface area contributed by atoms with E-state index in [4.69, 9.17) is 14.2 Å². The van der Waals surface area contributed by atoms with Crippen LogP contribution in [0.1, 0.15) is 25.3 Å². The zero-order chi connectivity index (χ0) is 27.7. The molecule has 0 aromatic heterocycles. The number of nitrogens with zero attached hydrogens (tertiary/aromatic N) is 1. The first-order valence-electron chi connectivity index (χ1n) is 12.9. The average Bonchev–Trinajstić information content (AvgIpc) is 3.03. The van der Waals surface area contributed by atoms with Gasteiger partial charge in [0.05, 0.1) is 38.6 Å². The SMILES string of the molecule is CN[C@@H](C)C(=O)N[C@@H]1C(=O)N(Cc2c(OC)ccc3cc(Br)ccc23)c2cccc(F)c2OC12CCOCC2. The van der Waals surface area contributed by atoms with Crippen LogP contribution in [0, 0.1) is 5.82 Å². The van der Waals surface area contributed by atoms with E-state index in [1.165, 1.54) is 11.0 Å². The fourth-order valence-corrected chi connectivity index (χ4v) is 5.67. The molecule has 5 rings (SSSR count). The van der Waals surface area contributed by atoms with Crippen molar-refractivity contribution in [2.24, 2.45) is 0 Å². The predicted octanol–water partition coefficient (Wildman–Crippen LogP) is 4.32. The summed E-state index contributed by atoms with van der Waals surface area (Å²) in [7, 11) is 3.24. The van der Waals surface area contributed by atoms with Gasteiger partial charge in [-0.25, -0.2) is 4.39 Å². The van der Waals surface area contributed by atoms with Gasteiger partial charge in [-0.05, 0) is 55.1 Å². The molecule has 2 amide bonds. The van der Waals surface area contributed by atoms with E-state index in [2.05, 4.69) is 26.6 Å². The molecule has 2 N–H and O–H groups in total. The van der Waals surface area contributed by atoms with Gasteiger partial charge in [0.15, 0.2) is 11.6 Å². The molecule has 2 atom stereocenters. The maximum absolute atomic E-state index is 15.4. The number of fused-ring (bicyclic) bond motifs is 2. The molecule has 3 aromatic rings. The molecular formula is C29H31BrFN3O5. The number of nitrogens with one attached hydrogen (secondary N) is 2. The Morgan fingerprint density at radius 1 is 1.23 bits per heavy atom. The molecule has 3 aromatic carbocycles. The molecule has 2 heterocycles. The molecule has 1 saturated heterocycles. The number of para-hydroxylation sites is 1. The molecule has 0 saturated carbocycles. The van der Waals surface area contributed by atoms with Crippen molar-refractivity contribution in [1.82, 2.24) is 10.6 Å². The second-order valence-corrected chi connectivity index (χ2v) is 10.8. The number of benzene rings is 3. The molecule has 0 aliphatic carbocycles. The number of hydrogen-bond donors (Lipinski definition) is 2. The summed E-state index contributed by atoms with van der Waals surface area (Å²) in [4.78, 5) is 29.1. The quantitative estimate of drug-likeness (QED) is 0.439. The topological polar surface area (TPSA) is 89.1 Å². The molecule has 8 nitrogen and oxygen atoms in total. The minimum absolute atomic E-state index is 0.0203. The Hall–Kier alpha value is -3.21. The van der Waals surface area contributed by atoms with E-state index in [1.54, 1.807) is 33.2 Å². The third kappa shape index (κ3) is 5.08. The number of hydrogen-bond acceptors (Lipinski definition) is 6. The number of amides is 2. The maximum atomic E-state index is 15.4. The van der Waals surface area contributed by atoms with Crippen molar-refractivity contribution in [3.8, 4) is 11.5 Å². The van der Waals surface area contributed by atoms with E-state index in [-0.39, 0.29) is 18.2 Å². The highest BCUT2D eigenvalue weighted by Gasteiger charge is 2.52. The number of ether oxygens (including phenoxy) is 3. The summed E-state index contributed by atoms with van der Waals surface area (Å²) in [6.45, 7) is 2.41. The summed E-state index contributed by atoms with van der Waals surface area (Å²) >= 11 is 3.52. The maximum Gasteiger partial charge on any atom is 0.254 e. The second-order valence-electron chi connectivity index (χ2n) is 9.86. The fourth-order valence-electron chi connectivity index (χ4n) is 5.29. The van der Waals surface area contributed by atoms with E-state index in [9.17, 15) is 9.59 Å². The summed E-state index contributed by atoms with van der Waals surface area (Å²) < 4.78 is 34.1. The van der Waals surface area contributed by atoms with Gasteiger partial charge < -0.3 is 29.7 Å². The standard InChI is InChI=1S/C29H31BrFN3O5/c1-17(32-2)27(35)33-26-28(36)34(16-21-20-9-8-19(30)15-18(20)7-10-24(21)37-3)23-6-4-5-22(31)25(23)39-29(26)11-13-38-14-12-29/h4-10,15,17,26,32H,11-14,16H2,1-3H3,(H,33,35)/t17-,26+/m0/s1. The highest BCUT2D eigenvalue weighted by Crippen LogP contribution is 2.44. The van der Waals surface area contributed by atoms with Crippen LogP contribution in [-0.2, 0) is 20.9 Å². The van der Waals surface area contributed by atoms with Crippen LogP contribution < -0.4 is 25.0 Å². The van der Waals surface area contributed by atoms with Crippen LogP contribution in [-0.4, -0.2) is 56.9 Å². The number of likely N-dealkylation sites (N-methyl/N-ethyl adjacent to an activating group) is 1. The molecule has 0 radical (unpaired) electrons. The van der Waals surface area contributed by atoms with Crippen molar-refractivity contribution >= 4 is 44.2 Å². The fraction of sp³-hybridized carbons (Fsp3) is 0.379. The summed E-state index contributed by atoms with van der Waals surface area (Å²) in [5.41, 5.74) is -0.138. The monoisotopic (exact) mass is 599 g/mol. The molecule has 2 aliphatic rings. The molecule has 206 valence electrons. The van der Waals surface area contributed by atoms with Crippen LogP contribution in [0.3, 0.4) is 0 Å². The number of carbonyl (C=O) groups excluding carboxylic acids is 2. The molecule has 10 heteroatoms. The lowest BCUT2D eigenvalue weighted by Crippen LogP contribution is -2.65. The molecule has 2 aliphatic heterocycles. The highest BCUT2D eigenvalue weighted by atomic mass is 79.9. The first-order valence-corrected chi connectivity index (χ1v) is 13.7. The van der Waals surface area contributed by atoms with Gasteiger partial charge in [-0.2, -0.15) is 0 Å². The van der Waals surface area contributed by atoms with E-state index >= 15 is 4.39 Å². The Balaban J connectivity index is 1.67. The number of carbonyl (C=O) groups is 2. The van der Waals surface area contributed by atoms with Crippen molar-refractivity contribution in [3.05, 3.63) is 64.4 Å². The summed E-state index contributed by atoms with van der Waals surface area (Å²) in [5, 5.41) is 7.68. The zero-order valence-corrected chi connectivity index (χ0v) is 23.6. The smallest absolute Gasteiger partial charge is 0.254 e. The predicted molar refractivity (Wildman–Crippen MR) is 150 cm³/mol. The second kappa shape index (κ2) is 11.1. The first kappa shape index (κ1) is 27.4. The van der Waals surface area contributed by atoms with Gasteiger partial charge in [-0.3, -0.25) is 9.59 Å². The van der Waals surface area contributed by atoms with Gasteiger partial charge in [0.1, 0.15) is 17.4 Å². The van der Waals surface area contributed by atoms with Crippen molar-refractivity contribution in [3.63, 3.8) is 0 Å². The van der Waals surface area contributed by atoms with Crippen LogP contribution in [0.4, 0.5) is 10.1 Å². The molecule has 1 spiro atoms. The van der Waals surface area contributed by atoms with Crippen LogP contribution >= 0.6 is 15.9 Å². The molecule has 0 unspecified atom stereocenters. The largest absolute Gasteiger partial charge is 0.496 e. The van der Waals surface area contributed by atoms with E-state index in [0.717, 1.165) is 20.8 Å². The lowest BCUT2D eigenvalue weighted by Gasteiger charge is -2.41. The van der Waals surface area contributed by atoms with E-state index < -0.39 is 29.4 Å². The Morgan fingerprint density at radius 3 is 2.72 bits per heavy atom. The number of anilines is 1. The molecular weight excluding hydrogens is 569 g/mol. The van der Waals surface area contributed by atoms with Gasteiger partial charge in [-0.15, -0.1) is 0 Å². The molecule has 0 bridgehead atoms. The highest BCUT2D eigenvalue weighted by molar-refractivity contribution is 9.10. The minimum atomic E-state index is -1.18. The van der Waals surface area contributed by atoms with Gasteiger partial charge >= 0.3 is 0 Å². The van der Waals surface area contributed by atoms with Gasteiger partial charge in [0.2, 0.25) is 5.91 Å². The van der Waals surface area contributed by atoms with Crippen molar-refractivity contribution in [1.29, 1.82) is 0 Å². The van der Waals surface area contributed by atoms with Crippen LogP contribution in [0.5, 0.6) is 11.5 Å². The Morgan fingerprint density at radius 2 is 2.00 bits per heavy atom. The third-order valence-electron chi connectivity index (χ3n) is 7.62. The third-order valence-corrected chi connectivity index (χ3v) is 8.11. The average molecular weight is 600 g/mol. The van der Waals surface area contributed by atoms with Crippen LogP contribution in [0.2, 0.25) is 0 Å². The Labute approximate surface area is 234 Å². The van der Waals surface area contributed by atoms with Crippen LogP contribution in [0.15, 0.2) is 53.0 Å². The number of halogens is 2. The van der Waals surface area contributed by atoms with E-state index in [1.807, 2.05) is 30.3 Å². The van der Waals surface area contributed by atoms with Crippen LogP contribution in [0.25, 0.3) is 10.8 Å². The molecule has 39 heavy (non-hydrogen) atoms. The van der Waals surface area contributed by atoms with Gasteiger partial charge in [0, 0.05) is 22.9 Å². The van der Waals surface area contributed by atoms with E-state index in [0.29, 0.717) is 37.5 Å². The minimum Gasteiger partial charge on any atom is -0.496 e. The van der Waals surface area contributed by atoms with Crippen molar-refractivity contribution in [2.75, 3.05) is 32.3 Å². The Bertz CT molecular complexity index is 1410. The van der Waals surface area contributed by atoms with Crippen molar-refractivity contribution in [2.45, 2.75) is 44.0 Å².